The normalized spacial score (nSPS) is 17.0. The summed E-state index contributed by atoms with van der Waals surface area (Å²) in [6.45, 7) is 5.48. The molecular formula is C27H29ClN4O3. The Kier molecular flexibility index (Phi) is 6.36. The Morgan fingerprint density at radius 2 is 1.80 bits per heavy atom. The third-order valence-electron chi connectivity index (χ3n) is 6.63. The fraction of sp³-hybridized carbons (Fsp3) is 0.407. The number of amides is 1. The third kappa shape index (κ3) is 5.73. The van der Waals surface area contributed by atoms with Crippen LogP contribution in [-0.4, -0.2) is 32.6 Å². The molecule has 0 atom stereocenters. The topological polar surface area (TPSA) is 97.2 Å². The van der Waals surface area contributed by atoms with E-state index in [1.54, 1.807) is 6.07 Å². The number of rotatable bonds is 8. The van der Waals surface area contributed by atoms with E-state index in [0.717, 1.165) is 36.3 Å². The maximum Gasteiger partial charge on any atom is 0.318 e. The summed E-state index contributed by atoms with van der Waals surface area (Å²) < 4.78 is 5.79. The maximum absolute atomic E-state index is 12.4. The van der Waals surface area contributed by atoms with E-state index in [4.69, 9.17) is 16.3 Å². The average molecular weight is 493 g/mol. The standard InChI is InChI=1S/C27H29ClN4O3/c1-27(2)12-19(13-27)25(33)29-14-17-5-10-22(28)21(11-17)24-30-23(31-26(34)32-24)18-6-8-20(9-7-18)35-15-16-3-4-16/h5-11,16,19H,3-4,12-15H2,1-2H3,(H,29,33)(H,30,31,32,34). The molecule has 0 radical (unpaired) electrons. The lowest BCUT2D eigenvalue weighted by atomic mass is 9.64. The molecule has 2 saturated carbocycles. The van der Waals surface area contributed by atoms with Gasteiger partial charge in [-0.3, -0.25) is 4.79 Å². The van der Waals surface area contributed by atoms with Crippen LogP contribution >= 0.6 is 11.6 Å². The van der Waals surface area contributed by atoms with Gasteiger partial charge in [-0.05, 0) is 79.0 Å². The molecule has 2 N–H and O–H groups in total. The van der Waals surface area contributed by atoms with Gasteiger partial charge < -0.3 is 15.2 Å². The Morgan fingerprint density at radius 3 is 2.49 bits per heavy atom. The highest BCUT2D eigenvalue weighted by atomic mass is 35.5. The van der Waals surface area contributed by atoms with Crippen molar-refractivity contribution >= 4 is 17.5 Å². The number of carbonyl (C=O) groups is 1. The van der Waals surface area contributed by atoms with E-state index in [-0.39, 0.29) is 29.1 Å². The number of aromatic nitrogens is 3. The van der Waals surface area contributed by atoms with Crippen molar-refractivity contribution in [2.24, 2.45) is 17.3 Å². The van der Waals surface area contributed by atoms with Gasteiger partial charge in [0, 0.05) is 23.6 Å². The number of benzene rings is 2. The van der Waals surface area contributed by atoms with Gasteiger partial charge in [0.25, 0.3) is 0 Å². The Bertz CT molecular complexity index is 1230. The molecule has 0 unspecified atom stereocenters. The first-order valence-corrected chi connectivity index (χ1v) is 12.4. The van der Waals surface area contributed by atoms with Crippen LogP contribution in [0.25, 0.3) is 22.8 Å². The van der Waals surface area contributed by atoms with E-state index in [0.29, 0.717) is 28.9 Å². The van der Waals surface area contributed by atoms with Crippen LogP contribution in [0, 0.1) is 17.3 Å². The van der Waals surface area contributed by atoms with Crippen molar-refractivity contribution in [1.29, 1.82) is 0 Å². The summed E-state index contributed by atoms with van der Waals surface area (Å²) in [5.74, 6) is 2.22. The van der Waals surface area contributed by atoms with Crippen molar-refractivity contribution in [3.05, 3.63) is 53.1 Å². The summed E-state index contributed by atoms with van der Waals surface area (Å²) in [6, 6.07) is 12.5. The zero-order chi connectivity index (χ0) is 24.6. The minimum absolute atomic E-state index is 0.0744. The highest BCUT2D eigenvalue weighted by Gasteiger charge is 2.40. The van der Waals surface area contributed by atoms with Crippen molar-refractivity contribution in [2.75, 3.05) is 6.61 Å². The maximum atomic E-state index is 12.4. The summed E-state index contributed by atoms with van der Waals surface area (Å²) in [5, 5.41) is 13.7. The van der Waals surface area contributed by atoms with Crippen LogP contribution in [0.5, 0.6) is 11.8 Å². The monoisotopic (exact) mass is 492 g/mol. The van der Waals surface area contributed by atoms with Crippen LogP contribution in [0.3, 0.4) is 0 Å². The summed E-state index contributed by atoms with van der Waals surface area (Å²) in [4.78, 5) is 25.2. The highest BCUT2D eigenvalue weighted by molar-refractivity contribution is 6.33. The lowest BCUT2D eigenvalue weighted by molar-refractivity contribution is -0.131. The number of nitrogens with one attached hydrogen (secondary N) is 1. The summed E-state index contributed by atoms with van der Waals surface area (Å²) in [7, 11) is 0. The molecule has 1 heterocycles. The predicted octanol–water partition coefficient (Wildman–Crippen LogP) is 5.41. The van der Waals surface area contributed by atoms with Gasteiger partial charge in [-0.25, -0.2) is 4.98 Å². The summed E-state index contributed by atoms with van der Waals surface area (Å²) in [5.41, 5.74) is 2.41. The van der Waals surface area contributed by atoms with Gasteiger partial charge in [-0.15, -0.1) is 0 Å². The molecule has 2 aromatic carbocycles. The molecule has 3 aromatic rings. The molecule has 2 aliphatic rings. The lowest BCUT2D eigenvalue weighted by Crippen LogP contribution is -2.42. The zero-order valence-electron chi connectivity index (χ0n) is 19.9. The second kappa shape index (κ2) is 9.46. The number of ether oxygens (including phenoxy) is 1. The van der Waals surface area contributed by atoms with Crippen LogP contribution in [-0.2, 0) is 11.3 Å². The number of aromatic hydroxyl groups is 1. The average Bonchev–Trinajstić information content (AvgIpc) is 3.65. The molecule has 1 amide bonds. The SMILES string of the molecule is CC1(C)CC(C(=O)NCc2ccc(Cl)c(-c3nc(O)nc(-c4ccc(OCC5CC5)cc4)n3)c2)C1. The van der Waals surface area contributed by atoms with Crippen molar-refractivity contribution in [2.45, 2.75) is 46.1 Å². The molecule has 7 nitrogen and oxygen atoms in total. The number of hydrogen-bond donors (Lipinski definition) is 2. The second-order valence-corrected chi connectivity index (χ2v) is 10.8. The van der Waals surface area contributed by atoms with E-state index >= 15 is 0 Å². The number of halogens is 1. The number of carbonyl (C=O) groups excluding carboxylic acids is 1. The van der Waals surface area contributed by atoms with Gasteiger partial charge in [0.05, 0.1) is 11.6 Å². The van der Waals surface area contributed by atoms with Gasteiger partial charge in [-0.1, -0.05) is 31.5 Å². The van der Waals surface area contributed by atoms with Crippen molar-refractivity contribution in [3.63, 3.8) is 0 Å². The van der Waals surface area contributed by atoms with Crippen molar-refractivity contribution in [1.82, 2.24) is 20.3 Å². The van der Waals surface area contributed by atoms with Crippen molar-refractivity contribution in [3.8, 4) is 34.5 Å². The predicted molar refractivity (Wildman–Crippen MR) is 134 cm³/mol. The fourth-order valence-corrected chi connectivity index (χ4v) is 4.66. The molecule has 2 fully saturated rings. The van der Waals surface area contributed by atoms with E-state index in [1.165, 1.54) is 12.8 Å². The Hall–Kier alpha value is -3.19. The Balaban J connectivity index is 1.31. The molecule has 8 heteroatoms. The molecule has 0 saturated heterocycles. The molecule has 5 rings (SSSR count). The fourth-order valence-electron chi connectivity index (χ4n) is 4.46. The van der Waals surface area contributed by atoms with E-state index < -0.39 is 0 Å². The minimum Gasteiger partial charge on any atom is -0.493 e. The summed E-state index contributed by atoms with van der Waals surface area (Å²) in [6.07, 6.45) is 4.29. The zero-order valence-corrected chi connectivity index (χ0v) is 20.7. The van der Waals surface area contributed by atoms with Crippen LogP contribution in [0.4, 0.5) is 0 Å². The van der Waals surface area contributed by atoms with Crippen LogP contribution < -0.4 is 10.1 Å². The number of hydrogen-bond acceptors (Lipinski definition) is 6. The van der Waals surface area contributed by atoms with Gasteiger partial charge >= 0.3 is 6.01 Å². The molecule has 0 bridgehead atoms. The minimum atomic E-state index is -0.388. The Morgan fingerprint density at radius 1 is 1.09 bits per heavy atom. The molecule has 0 aliphatic heterocycles. The van der Waals surface area contributed by atoms with E-state index in [1.807, 2.05) is 36.4 Å². The van der Waals surface area contributed by atoms with Crippen LogP contribution in [0.15, 0.2) is 42.5 Å². The largest absolute Gasteiger partial charge is 0.493 e. The third-order valence-corrected chi connectivity index (χ3v) is 6.96. The molecule has 0 spiro atoms. The first kappa shape index (κ1) is 23.5. The molecule has 35 heavy (non-hydrogen) atoms. The number of nitrogens with zero attached hydrogens (tertiary/aromatic N) is 3. The second-order valence-electron chi connectivity index (χ2n) is 10.4. The van der Waals surface area contributed by atoms with Gasteiger partial charge in [-0.2, -0.15) is 9.97 Å². The smallest absolute Gasteiger partial charge is 0.318 e. The highest BCUT2D eigenvalue weighted by Crippen LogP contribution is 2.44. The van der Waals surface area contributed by atoms with Gasteiger partial charge in [0.1, 0.15) is 5.75 Å². The van der Waals surface area contributed by atoms with E-state index in [2.05, 4.69) is 34.1 Å². The van der Waals surface area contributed by atoms with Gasteiger partial charge in [0.2, 0.25) is 5.91 Å². The van der Waals surface area contributed by atoms with Crippen LogP contribution in [0.1, 0.15) is 45.1 Å². The molecule has 182 valence electrons. The molecular weight excluding hydrogens is 464 g/mol. The summed E-state index contributed by atoms with van der Waals surface area (Å²) >= 11 is 6.46. The first-order chi connectivity index (χ1) is 16.8. The molecule has 1 aromatic heterocycles. The van der Waals surface area contributed by atoms with E-state index in [9.17, 15) is 9.90 Å². The quantitative estimate of drug-likeness (QED) is 0.436. The van der Waals surface area contributed by atoms with Crippen LogP contribution in [0.2, 0.25) is 5.02 Å². The lowest BCUT2D eigenvalue weighted by Gasteiger charge is -2.41. The first-order valence-electron chi connectivity index (χ1n) is 12.0. The Labute approximate surface area is 209 Å². The molecule has 2 aliphatic carbocycles. The van der Waals surface area contributed by atoms with Crippen molar-refractivity contribution < 1.29 is 14.6 Å². The van der Waals surface area contributed by atoms with Gasteiger partial charge in [0.15, 0.2) is 11.6 Å².